The summed E-state index contributed by atoms with van der Waals surface area (Å²) in [5, 5.41) is 11.1. The molecule has 0 spiro atoms. The van der Waals surface area contributed by atoms with E-state index in [4.69, 9.17) is 14.6 Å². The van der Waals surface area contributed by atoms with E-state index in [0.717, 1.165) is 75.8 Å². The second-order valence-electron chi connectivity index (χ2n) is 11.2. The molecule has 9 heteroatoms. The number of amides is 2. The molecule has 1 aliphatic heterocycles. The second-order valence-corrected chi connectivity index (χ2v) is 11.2. The maximum atomic E-state index is 13.6. The number of carbonyl (C=O) groups excluding carboxylic acids is 2. The molecule has 2 aromatic rings. The quantitative estimate of drug-likeness (QED) is 0.418. The number of nitrogens with one attached hydrogen (secondary N) is 2. The zero-order chi connectivity index (χ0) is 27.2. The van der Waals surface area contributed by atoms with Crippen LogP contribution in [-0.4, -0.2) is 72.4 Å². The van der Waals surface area contributed by atoms with Gasteiger partial charge in [-0.2, -0.15) is 5.10 Å². The van der Waals surface area contributed by atoms with Gasteiger partial charge in [-0.25, -0.2) is 0 Å². The minimum atomic E-state index is -0.251. The first-order chi connectivity index (χ1) is 19.1. The fourth-order valence-corrected chi connectivity index (χ4v) is 6.12. The average molecular weight is 538 g/mol. The number of aromatic nitrogens is 2. The number of likely N-dealkylation sites (tertiary alicyclic amines) is 1. The number of hydrogen-bond donors (Lipinski definition) is 2. The topological polar surface area (TPSA) is 97.7 Å². The number of methoxy groups -OCH3 is 2. The van der Waals surface area contributed by atoms with E-state index in [-0.39, 0.29) is 36.4 Å². The van der Waals surface area contributed by atoms with Crippen molar-refractivity contribution >= 4 is 11.8 Å². The van der Waals surface area contributed by atoms with Gasteiger partial charge in [-0.05, 0) is 82.7 Å². The van der Waals surface area contributed by atoms with Gasteiger partial charge in [-0.3, -0.25) is 14.3 Å². The van der Waals surface area contributed by atoms with Gasteiger partial charge in [0, 0.05) is 25.0 Å². The summed E-state index contributed by atoms with van der Waals surface area (Å²) >= 11 is 0. The number of ether oxygens (including phenoxy) is 2. The molecule has 0 radical (unpaired) electrons. The normalized spacial score (nSPS) is 19.0. The van der Waals surface area contributed by atoms with Crippen molar-refractivity contribution < 1.29 is 19.1 Å². The van der Waals surface area contributed by atoms with E-state index in [0.29, 0.717) is 17.2 Å². The Morgan fingerprint density at radius 1 is 1.00 bits per heavy atom. The zero-order valence-electron chi connectivity index (χ0n) is 23.4. The molecule has 5 rings (SSSR count). The Hall–Kier alpha value is -3.07. The van der Waals surface area contributed by atoms with Crippen LogP contribution in [-0.2, 0) is 4.79 Å². The third-order valence-corrected chi connectivity index (χ3v) is 8.55. The maximum absolute atomic E-state index is 13.6. The molecular weight excluding hydrogens is 494 g/mol. The summed E-state index contributed by atoms with van der Waals surface area (Å²) in [6, 6.07) is 7.80. The van der Waals surface area contributed by atoms with Crippen LogP contribution in [0.1, 0.15) is 87.2 Å². The van der Waals surface area contributed by atoms with Gasteiger partial charge in [0.1, 0.15) is 11.5 Å². The third-order valence-electron chi connectivity index (χ3n) is 8.55. The van der Waals surface area contributed by atoms with Gasteiger partial charge in [-0.15, -0.1) is 0 Å². The summed E-state index contributed by atoms with van der Waals surface area (Å²) in [7, 11) is 3.28. The first-order valence-electron chi connectivity index (χ1n) is 14.7. The number of benzene rings is 1. The van der Waals surface area contributed by atoms with Crippen LogP contribution in [0.4, 0.5) is 0 Å². The summed E-state index contributed by atoms with van der Waals surface area (Å²) in [5.41, 5.74) is 1.97. The van der Waals surface area contributed by atoms with E-state index < -0.39 is 0 Å². The molecule has 2 heterocycles. The van der Waals surface area contributed by atoms with Gasteiger partial charge >= 0.3 is 0 Å². The SMILES string of the molecule is COc1cccc(OC)c1-c1cc(C(=O)N[C@@H](CCN2CCCC2)CC(=O)NC2CCC2)nn1C1CCCC1. The van der Waals surface area contributed by atoms with E-state index >= 15 is 0 Å². The smallest absolute Gasteiger partial charge is 0.272 e. The molecule has 1 saturated heterocycles. The summed E-state index contributed by atoms with van der Waals surface area (Å²) < 4.78 is 13.4. The van der Waals surface area contributed by atoms with Crippen molar-refractivity contribution in [2.75, 3.05) is 33.9 Å². The largest absolute Gasteiger partial charge is 0.496 e. The summed E-state index contributed by atoms with van der Waals surface area (Å²) in [5.74, 6) is 1.13. The Labute approximate surface area is 231 Å². The van der Waals surface area contributed by atoms with Crippen LogP contribution in [0.3, 0.4) is 0 Å². The summed E-state index contributed by atoms with van der Waals surface area (Å²) in [6.45, 7) is 3.05. The van der Waals surface area contributed by atoms with Gasteiger partial charge in [0.05, 0.1) is 31.5 Å². The number of nitrogens with zero attached hydrogens (tertiary/aromatic N) is 3. The van der Waals surface area contributed by atoms with E-state index in [1.54, 1.807) is 14.2 Å². The highest BCUT2D eigenvalue weighted by atomic mass is 16.5. The Morgan fingerprint density at radius 2 is 1.69 bits per heavy atom. The van der Waals surface area contributed by atoms with Crippen LogP contribution in [0, 0.1) is 0 Å². The van der Waals surface area contributed by atoms with Crippen molar-refractivity contribution in [3.8, 4) is 22.8 Å². The molecule has 3 fully saturated rings. The number of hydrogen-bond acceptors (Lipinski definition) is 6. The molecule has 0 bridgehead atoms. The van der Waals surface area contributed by atoms with Crippen molar-refractivity contribution in [3.63, 3.8) is 0 Å². The van der Waals surface area contributed by atoms with E-state index in [2.05, 4.69) is 15.5 Å². The van der Waals surface area contributed by atoms with Crippen LogP contribution in [0.25, 0.3) is 11.3 Å². The molecule has 2 saturated carbocycles. The summed E-state index contributed by atoms with van der Waals surface area (Å²) in [4.78, 5) is 28.9. The van der Waals surface area contributed by atoms with Crippen LogP contribution >= 0.6 is 0 Å². The fourth-order valence-electron chi connectivity index (χ4n) is 6.12. The molecule has 0 unspecified atom stereocenters. The minimum absolute atomic E-state index is 0.0161. The zero-order valence-corrected chi connectivity index (χ0v) is 23.4. The van der Waals surface area contributed by atoms with E-state index in [9.17, 15) is 9.59 Å². The highest BCUT2D eigenvalue weighted by molar-refractivity contribution is 5.94. The van der Waals surface area contributed by atoms with Crippen molar-refractivity contribution in [1.82, 2.24) is 25.3 Å². The lowest BCUT2D eigenvalue weighted by atomic mass is 9.93. The molecule has 1 atom stereocenters. The first kappa shape index (κ1) is 27.5. The van der Waals surface area contributed by atoms with Gasteiger partial charge in [0.15, 0.2) is 5.69 Å². The molecule has 2 N–H and O–H groups in total. The lowest BCUT2D eigenvalue weighted by Gasteiger charge is -2.28. The van der Waals surface area contributed by atoms with E-state index in [1.165, 1.54) is 19.3 Å². The number of rotatable bonds is 12. The van der Waals surface area contributed by atoms with Crippen molar-refractivity contribution in [2.45, 2.75) is 88.8 Å². The molecule has 1 aromatic carbocycles. The predicted molar refractivity (Wildman–Crippen MR) is 150 cm³/mol. The van der Waals surface area contributed by atoms with Gasteiger partial charge in [-0.1, -0.05) is 18.9 Å². The molecule has 212 valence electrons. The standard InChI is InChI=1S/C30H43N5O4/c1-38-26-13-8-14-27(39-2)29(26)25-20-24(33-35(25)23-11-3-4-12-23)30(37)32-22(15-18-34-16-5-6-17-34)19-28(36)31-21-9-7-10-21/h8,13-14,20-23H,3-7,9-12,15-19H2,1-2H3,(H,31,36)(H,32,37)/t22-/m0/s1. The Kier molecular flexibility index (Phi) is 9.06. The molecule has 9 nitrogen and oxygen atoms in total. The number of carbonyl (C=O) groups is 2. The Morgan fingerprint density at radius 3 is 2.31 bits per heavy atom. The third kappa shape index (κ3) is 6.57. The first-order valence-corrected chi connectivity index (χ1v) is 14.7. The lowest BCUT2D eigenvalue weighted by Crippen LogP contribution is -2.45. The summed E-state index contributed by atoms with van der Waals surface area (Å²) in [6.07, 6.45) is 11.0. The monoisotopic (exact) mass is 537 g/mol. The van der Waals surface area contributed by atoms with Gasteiger partial charge < -0.3 is 25.0 Å². The van der Waals surface area contributed by atoms with Crippen LogP contribution < -0.4 is 20.1 Å². The van der Waals surface area contributed by atoms with Crippen LogP contribution in [0.2, 0.25) is 0 Å². The minimum Gasteiger partial charge on any atom is -0.496 e. The Balaban J connectivity index is 1.38. The molecule has 2 amide bonds. The van der Waals surface area contributed by atoms with Crippen LogP contribution in [0.5, 0.6) is 11.5 Å². The fraction of sp³-hybridized carbons (Fsp3) is 0.633. The van der Waals surface area contributed by atoms with Gasteiger partial charge in [0.25, 0.3) is 5.91 Å². The van der Waals surface area contributed by atoms with E-state index in [1.807, 2.05) is 28.9 Å². The molecule has 39 heavy (non-hydrogen) atoms. The lowest BCUT2D eigenvalue weighted by molar-refractivity contribution is -0.122. The highest BCUT2D eigenvalue weighted by Gasteiger charge is 2.29. The average Bonchev–Trinajstić information content (AvgIpc) is 3.70. The predicted octanol–water partition coefficient (Wildman–Crippen LogP) is 4.33. The second kappa shape index (κ2) is 12.9. The molecular formula is C30H43N5O4. The molecule has 2 aliphatic carbocycles. The van der Waals surface area contributed by atoms with Crippen molar-refractivity contribution in [2.24, 2.45) is 0 Å². The van der Waals surface area contributed by atoms with Gasteiger partial charge in [0.2, 0.25) is 5.91 Å². The molecule has 3 aliphatic rings. The Bertz CT molecular complexity index is 1110. The van der Waals surface area contributed by atoms with Crippen molar-refractivity contribution in [3.05, 3.63) is 30.0 Å². The maximum Gasteiger partial charge on any atom is 0.272 e. The van der Waals surface area contributed by atoms with Crippen LogP contribution in [0.15, 0.2) is 24.3 Å². The highest BCUT2D eigenvalue weighted by Crippen LogP contribution is 2.41. The van der Waals surface area contributed by atoms with Crippen molar-refractivity contribution in [1.29, 1.82) is 0 Å². The molecule has 1 aromatic heterocycles.